The molecule has 5 heteroatoms. The predicted octanol–water partition coefficient (Wildman–Crippen LogP) is 2.68. The quantitative estimate of drug-likeness (QED) is 0.857. The molecule has 0 bridgehead atoms. The summed E-state index contributed by atoms with van der Waals surface area (Å²) >= 11 is 0. The number of unbranched alkanes of at least 4 members (excludes halogenated alkanes) is 1. The maximum Gasteiger partial charge on any atom is 0.328 e. The number of hydrogen-bond acceptors (Lipinski definition) is 2. The standard InChI is InChI=1S/C12H16FNO2.ClH/c1-2-3-8-12(14,11(15)16)9-4-6-10(13)7-5-9;/h4-7H,2-3,8,14H2,1H3,(H,15,16);1H/t12-;/m0./s1. The molecular formula is C12H17ClFNO2. The minimum absolute atomic E-state index is 0. The lowest BCUT2D eigenvalue weighted by molar-refractivity contribution is -0.144. The van der Waals surface area contributed by atoms with Gasteiger partial charge >= 0.3 is 5.97 Å². The molecule has 0 aromatic heterocycles. The van der Waals surface area contributed by atoms with E-state index in [1.54, 1.807) is 0 Å². The second-order valence-corrected chi connectivity index (χ2v) is 3.89. The number of benzene rings is 1. The summed E-state index contributed by atoms with van der Waals surface area (Å²) in [6.45, 7) is 1.97. The summed E-state index contributed by atoms with van der Waals surface area (Å²) in [5.74, 6) is -1.47. The molecule has 3 nitrogen and oxygen atoms in total. The minimum Gasteiger partial charge on any atom is -0.480 e. The van der Waals surface area contributed by atoms with Gasteiger partial charge in [-0.05, 0) is 24.1 Å². The third kappa shape index (κ3) is 3.68. The summed E-state index contributed by atoms with van der Waals surface area (Å²) in [7, 11) is 0. The summed E-state index contributed by atoms with van der Waals surface area (Å²) < 4.78 is 12.7. The zero-order valence-corrected chi connectivity index (χ0v) is 10.5. The molecule has 0 radical (unpaired) electrons. The van der Waals surface area contributed by atoms with Crippen molar-refractivity contribution in [2.75, 3.05) is 0 Å². The van der Waals surface area contributed by atoms with Crippen molar-refractivity contribution in [2.24, 2.45) is 5.73 Å². The molecule has 1 atom stereocenters. The van der Waals surface area contributed by atoms with E-state index in [1.807, 2.05) is 6.92 Å². The molecule has 1 aromatic rings. The summed E-state index contributed by atoms with van der Waals surface area (Å²) in [6, 6.07) is 5.32. The Morgan fingerprint density at radius 2 is 1.94 bits per heavy atom. The Morgan fingerprint density at radius 1 is 1.41 bits per heavy atom. The van der Waals surface area contributed by atoms with Gasteiger partial charge in [0.1, 0.15) is 11.4 Å². The van der Waals surface area contributed by atoms with Crippen LogP contribution in [0.3, 0.4) is 0 Å². The van der Waals surface area contributed by atoms with Crippen LogP contribution in [0.2, 0.25) is 0 Å². The van der Waals surface area contributed by atoms with Crippen LogP contribution >= 0.6 is 12.4 Å². The highest BCUT2D eigenvalue weighted by Gasteiger charge is 2.35. The molecule has 0 heterocycles. The first-order valence-electron chi connectivity index (χ1n) is 5.29. The van der Waals surface area contributed by atoms with Crippen LogP contribution < -0.4 is 5.73 Å². The number of halogens is 2. The van der Waals surface area contributed by atoms with Crippen LogP contribution in [0.1, 0.15) is 31.7 Å². The molecule has 1 rings (SSSR count). The van der Waals surface area contributed by atoms with Gasteiger partial charge in [0, 0.05) is 0 Å². The Kier molecular flexibility index (Phi) is 6.13. The molecule has 17 heavy (non-hydrogen) atoms. The molecule has 0 saturated carbocycles. The van der Waals surface area contributed by atoms with Gasteiger partial charge in [0.05, 0.1) is 0 Å². The molecule has 1 aromatic carbocycles. The number of rotatable bonds is 5. The number of aliphatic carboxylic acids is 1. The Morgan fingerprint density at radius 3 is 2.35 bits per heavy atom. The summed E-state index contributed by atoms with van der Waals surface area (Å²) in [4.78, 5) is 11.2. The first kappa shape index (κ1) is 15.9. The second kappa shape index (κ2) is 6.57. The summed E-state index contributed by atoms with van der Waals surface area (Å²) in [5.41, 5.74) is 4.90. The molecular weight excluding hydrogens is 245 g/mol. The van der Waals surface area contributed by atoms with Crippen molar-refractivity contribution >= 4 is 18.4 Å². The largest absolute Gasteiger partial charge is 0.480 e. The average Bonchev–Trinajstić information content (AvgIpc) is 2.26. The van der Waals surface area contributed by atoms with Gasteiger partial charge in [-0.3, -0.25) is 0 Å². The number of carboxylic acid groups (broad SMARTS) is 1. The molecule has 0 saturated heterocycles. The van der Waals surface area contributed by atoms with E-state index in [1.165, 1.54) is 24.3 Å². The SMILES string of the molecule is CCCC[C@@](N)(C(=O)O)c1ccc(F)cc1.Cl. The van der Waals surface area contributed by atoms with E-state index in [0.29, 0.717) is 12.0 Å². The van der Waals surface area contributed by atoms with Gasteiger partial charge in [0.2, 0.25) is 0 Å². The molecule has 0 amide bonds. The lowest BCUT2D eigenvalue weighted by Gasteiger charge is -2.25. The van der Waals surface area contributed by atoms with Crippen LogP contribution in [0.4, 0.5) is 4.39 Å². The zero-order valence-electron chi connectivity index (χ0n) is 9.65. The van der Waals surface area contributed by atoms with Gasteiger partial charge < -0.3 is 10.8 Å². The molecule has 0 fully saturated rings. The van der Waals surface area contributed by atoms with Crippen LogP contribution in [0, 0.1) is 5.82 Å². The molecule has 3 N–H and O–H groups in total. The van der Waals surface area contributed by atoms with Gasteiger partial charge in [0.15, 0.2) is 0 Å². The van der Waals surface area contributed by atoms with Crippen LogP contribution in [-0.4, -0.2) is 11.1 Å². The van der Waals surface area contributed by atoms with Gasteiger partial charge in [0.25, 0.3) is 0 Å². The molecule has 0 aliphatic heterocycles. The predicted molar refractivity (Wildman–Crippen MR) is 66.7 cm³/mol. The molecule has 0 aliphatic carbocycles. The Labute approximate surface area is 106 Å². The lowest BCUT2D eigenvalue weighted by atomic mass is 9.86. The number of carboxylic acids is 1. The third-order valence-electron chi connectivity index (χ3n) is 2.67. The average molecular weight is 262 g/mol. The molecule has 96 valence electrons. The van der Waals surface area contributed by atoms with Gasteiger partial charge in [-0.15, -0.1) is 12.4 Å². The number of hydrogen-bond donors (Lipinski definition) is 2. The Hall–Kier alpha value is -1.13. The zero-order chi connectivity index (χ0) is 12.2. The second-order valence-electron chi connectivity index (χ2n) is 3.89. The van der Waals surface area contributed by atoms with Crippen molar-refractivity contribution in [3.05, 3.63) is 35.6 Å². The van der Waals surface area contributed by atoms with Crippen molar-refractivity contribution in [3.8, 4) is 0 Å². The number of carbonyl (C=O) groups is 1. The van der Waals surface area contributed by atoms with E-state index in [9.17, 15) is 9.18 Å². The lowest BCUT2D eigenvalue weighted by Crippen LogP contribution is -2.44. The molecule has 0 spiro atoms. The van der Waals surface area contributed by atoms with Crippen LogP contribution in [-0.2, 0) is 10.3 Å². The fraction of sp³-hybridized carbons (Fsp3) is 0.417. The van der Waals surface area contributed by atoms with Crippen LogP contribution in [0.15, 0.2) is 24.3 Å². The summed E-state index contributed by atoms with van der Waals surface area (Å²) in [6.07, 6.45) is 1.94. The third-order valence-corrected chi connectivity index (χ3v) is 2.67. The Bertz CT molecular complexity index is 369. The van der Waals surface area contributed by atoms with E-state index < -0.39 is 17.3 Å². The highest BCUT2D eigenvalue weighted by Crippen LogP contribution is 2.25. The van der Waals surface area contributed by atoms with Crippen LogP contribution in [0.25, 0.3) is 0 Å². The van der Waals surface area contributed by atoms with Gasteiger partial charge in [-0.2, -0.15) is 0 Å². The fourth-order valence-corrected chi connectivity index (χ4v) is 1.58. The van der Waals surface area contributed by atoms with Gasteiger partial charge in [-0.1, -0.05) is 31.9 Å². The molecule has 0 unspecified atom stereocenters. The number of nitrogens with two attached hydrogens (primary N) is 1. The van der Waals surface area contributed by atoms with Crippen molar-refractivity contribution in [2.45, 2.75) is 31.7 Å². The molecule has 0 aliphatic rings. The first-order valence-corrected chi connectivity index (χ1v) is 5.29. The van der Waals surface area contributed by atoms with Gasteiger partial charge in [-0.25, -0.2) is 9.18 Å². The van der Waals surface area contributed by atoms with Crippen molar-refractivity contribution in [3.63, 3.8) is 0 Å². The smallest absolute Gasteiger partial charge is 0.328 e. The highest BCUT2D eigenvalue weighted by molar-refractivity contribution is 5.85. The maximum absolute atomic E-state index is 12.7. The fourth-order valence-electron chi connectivity index (χ4n) is 1.58. The van der Waals surface area contributed by atoms with Crippen molar-refractivity contribution in [1.82, 2.24) is 0 Å². The van der Waals surface area contributed by atoms with Crippen molar-refractivity contribution in [1.29, 1.82) is 0 Å². The van der Waals surface area contributed by atoms with E-state index >= 15 is 0 Å². The first-order chi connectivity index (χ1) is 7.50. The van der Waals surface area contributed by atoms with E-state index in [-0.39, 0.29) is 12.4 Å². The maximum atomic E-state index is 12.7. The monoisotopic (exact) mass is 261 g/mol. The van der Waals surface area contributed by atoms with Crippen molar-refractivity contribution < 1.29 is 14.3 Å². The topological polar surface area (TPSA) is 63.3 Å². The Balaban J connectivity index is 0.00000256. The highest BCUT2D eigenvalue weighted by atomic mass is 35.5. The van der Waals surface area contributed by atoms with Crippen LogP contribution in [0.5, 0.6) is 0 Å². The minimum atomic E-state index is -1.41. The van der Waals surface area contributed by atoms with E-state index in [0.717, 1.165) is 12.8 Å². The summed E-state index contributed by atoms with van der Waals surface area (Å²) in [5, 5.41) is 9.16. The normalized spacial score (nSPS) is 13.6. The van der Waals surface area contributed by atoms with E-state index in [2.05, 4.69) is 0 Å². The van der Waals surface area contributed by atoms with E-state index in [4.69, 9.17) is 10.8 Å².